The Bertz CT molecular complexity index is 524. The van der Waals surface area contributed by atoms with Gasteiger partial charge in [-0.2, -0.15) is 0 Å². The number of rotatable bonds is 6. The lowest BCUT2D eigenvalue weighted by molar-refractivity contribution is -0.155. The molecule has 0 aromatic carbocycles. The fraction of sp³-hybridized carbons (Fsp3) is 0.789. The molecule has 3 heterocycles. The van der Waals surface area contributed by atoms with Crippen LogP contribution in [0.25, 0.3) is 0 Å². The average molecular weight is 319 g/mol. The number of fused-ring (bicyclic) bond motifs is 1. The molecule has 1 aliphatic carbocycles. The Hall–Kier alpha value is -0.840. The van der Waals surface area contributed by atoms with Crippen LogP contribution in [0.3, 0.4) is 0 Å². The van der Waals surface area contributed by atoms with Gasteiger partial charge in [-0.1, -0.05) is 0 Å². The highest BCUT2D eigenvalue weighted by Crippen LogP contribution is 2.41. The molecule has 2 aliphatic heterocycles. The van der Waals surface area contributed by atoms with Gasteiger partial charge in [0.15, 0.2) is 0 Å². The average Bonchev–Trinajstić information content (AvgIpc) is 3.28. The monoisotopic (exact) mass is 319 g/mol. The van der Waals surface area contributed by atoms with Gasteiger partial charge in [0.05, 0.1) is 19.3 Å². The number of ether oxygens (including phenoxy) is 2. The number of likely N-dealkylation sites (tertiary alicyclic amines) is 1. The normalized spacial score (nSPS) is 32.0. The van der Waals surface area contributed by atoms with E-state index in [2.05, 4.69) is 17.0 Å². The second-order valence-corrected chi connectivity index (χ2v) is 7.80. The molecule has 4 rings (SSSR count). The summed E-state index contributed by atoms with van der Waals surface area (Å²) >= 11 is 0. The van der Waals surface area contributed by atoms with Gasteiger partial charge in [-0.3, -0.25) is 4.90 Å². The predicted molar refractivity (Wildman–Crippen MR) is 88.3 cm³/mol. The maximum Gasteiger partial charge on any atom is 0.118 e. The molecular weight excluding hydrogens is 290 g/mol. The quantitative estimate of drug-likeness (QED) is 0.805. The van der Waals surface area contributed by atoms with Crippen LogP contribution >= 0.6 is 0 Å². The number of aryl methyl sites for hydroxylation is 1. The number of furan rings is 1. The van der Waals surface area contributed by atoms with Gasteiger partial charge in [0.1, 0.15) is 11.5 Å². The number of piperidine rings is 1. The Balaban J connectivity index is 1.40. The molecule has 2 saturated heterocycles. The third-order valence-corrected chi connectivity index (χ3v) is 5.68. The molecule has 0 radical (unpaired) electrons. The second kappa shape index (κ2) is 6.58. The summed E-state index contributed by atoms with van der Waals surface area (Å²) in [7, 11) is 0. The van der Waals surface area contributed by atoms with Crippen molar-refractivity contribution in [3.8, 4) is 0 Å². The summed E-state index contributed by atoms with van der Waals surface area (Å²) in [6.07, 6.45) is 6.61. The summed E-state index contributed by atoms with van der Waals surface area (Å²) in [6, 6.07) is 4.16. The van der Waals surface area contributed by atoms with Gasteiger partial charge in [-0.25, -0.2) is 0 Å². The molecule has 4 nitrogen and oxygen atoms in total. The van der Waals surface area contributed by atoms with E-state index < -0.39 is 0 Å². The Morgan fingerprint density at radius 2 is 2.22 bits per heavy atom. The molecule has 1 saturated carbocycles. The first-order valence-electron chi connectivity index (χ1n) is 9.21. The second-order valence-electron chi connectivity index (χ2n) is 7.80. The topological polar surface area (TPSA) is 34.8 Å². The molecule has 23 heavy (non-hydrogen) atoms. The zero-order valence-corrected chi connectivity index (χ0v) is 14.3. The minimum absolute atomic E-state index is 0.188. The first-order valence-corrected chi connectivity index (χ1v) is 9.21. The first-order chi connectivity index (χ1) is 11.2. The van der Waals surface area contributed by atoms with E-state index in [0.29, 0.717) is 6.10 Å². The van der Waals surface area contributed by atoms with Crippen LogP contribution < -0.4 is 0 Å². The number of hydrogen-bond donors (Lipinski definition) is 0. The van der Waals surface area contributed by atoms with Gasteiger partial charge in [0.2, 0.25) is 0 Å². The van der Waals surface area contributed by atoms with E-state index in [1.165, 1.54) is 19.3 Å². The first kappa shape index (κ1) is 15.7. The summed E-state index contributed by atoms with van der Waals surface area (Å²) < 4.78 is 18.0. The molecule has 0 N–H and O–H groups in total. The molecule has 0 bridgehead atoms. The van der Waals surface area contributed by atoms with E-state index in [1.807, 2.05) is 6.92 Å². The van der Waals surface area contributed by atoms with Gasteiger partial charge in [0, 0.05) is 31.7 Å². The van der Waals surface area contributed by atoms with Crippen molar-refractivity contribution in [2.24, 2.45) is 11.3 Å². The van der Waals surface area contributed by atoms with Crippen LogP contribution in [0.2, 0.25) is 0 Å². The van der Waals surface area contributed by atoms with E-state index in [4.69, 9.17) is 13.9 Å². The smallest absolute Gasteiger partial charge is 0.118 e. The van der Waals surface area contributed by atoms with Crippen molar-refractivity contribution in [2.45, 2.75) is 51.7 Å². The van der Waals surface area contributed by atoms with Gasteiger partial charge < -0.3 is 13.9 Å². The van der Waals surface area contributed by atoms with Gasteiger partial charge in [0.25, 0.3) is 0 Å². The highest BCUT2D eigenvalue weighted by atomic mass is 16.5. The predicted octanol–water partition coefficient (Wildman–Crippen LogP) is 3.39. The van der Waals surface area contributed by atoms with E-state index in [1.54, 1.807) is 0 Å². The molecule has 0 amide bonds. The summed E-state index contributed by atoms with van der Waals surface area (Å²) in [5, 5.41) is 0. The van der Waals surface area contributed by atoms with Crippen LogP contribution in [0, 0.1) is 18.3 Å². The van der Waals surface area contributed by atoms with Crippen LogP contribution in [0.1, 0.15) is 43.6 Å². The van der Waals surface area contributed by atoms with Gasteiger partial charge in [-0.05, 0) is 57.1 Å². The minimum atomic E-state index is 0.188. The summed E-state index contributed by atoms with van der Waals surface area (Å²) in [5.74, 6) is 2.91. The van der Waals surface area contributed by atoms with E-state index in [0.717, 1.165) is 69.7 Å². The van der Waals surface area contributed by atoms with Gasteiger partial charge in [-0.15, -0.1) is 0 Å². The van der Waals surface area contributed by atoms with Crippen LogP contribution in [-0.2, 0) is 16.0 Å². The van der Waals surface area contributed by atoms with Crippen LogP contribution in [-0.4, -0.2) is 43.9 Å². The Labute approximate surface area is 139 Å². The minimum Gasteiger partial charge on any atom is -0.465 e. The molecule has 128 valence electrons. The Morgan fingerprint density at radius 3 is 3.00 bits per heavy atom. The highest BCUT2D eigenvalue weighted by molar-refractivity contribution is 5.06. The summed E-state index contributed by atoms with van der Waals surface area (Å²) in [4.78, 5) is 2.53. The fourth-order valence-corrected chi connectivity index (χ4v) is 4.23. The van der Waals surface area contributed by atoms with Crippen molar-refractivity contribution in [1.29, 1.82) is 0 Å². The van der Waals surface area contributed by atoms with Crippen LogP contribution in [0.4, 0.5) is 0 Å². The van der Waals surface area contributed by atoms with Gasteiger partial charge >= 0.3 is 0 Å². The highest BCUT2D eigenvalue weighted by Gasteiger charge is 2.46. The van der Waals surface area contributed by atoms with Crippen molar-refractivity contribution in [3.63, 3.8) is 0 Å². The summed E-state index contributed by atoms with van der Waals surface area (Å²) in [6.45, 7) is 7.82. The molecule has 1 aromatic heterocycles. The van der Waals surface area contributed by atoms with Crippen LogP contribution in [0.15, 0.2) is 16.5 Å². The largest absolute Gasteiger partial charge is 0.465 e. The SMILES string of the molecule is Cc1ccc(CN2CC[C@H]3OCCC[C@@]3(COCC3CC3)C2)o1. The van der Waals surface area contributed by atoms with E-state index in [-0.39, 0.29) is 5.41 Å². The molecule has 0 spiro atoms. The summed E-state index contributed by atoms with van der Waals surface area (Å²) in [5.41, 5.74) is 0.188. The molecule has 1 aromatic rings. The molecule has 0 unspecified atom stereocenters. The lowest BCUT2D eigenvalue weighted by Gasteiger charge is -2.50. The van der Waals surface area contributed by atoms with Crippen molar-refractivity contribution in [3.05, 3.63) is 23.7 Å². The van der Waals surface area contributed by atoms with Crippen molar-refractivity contribution in [2.75, 3.05) is 32.9 Å². The molecule has 3 aliphatic rings. The lowest BCUT2D eigenvalue weighted by atomic mass is 9.73. The molecule has 2 atom stereocenters. The third-order valence-electron chi connectivity index (χ3n) is 5.68. The van der Waals surface area contributed by atoms with E-state index in [9.17, 15) is 0 Å². The van der Waals surface area contributed by atoms with Crippen LogP contribution in [0.5, 0.6) is 0 Å². The van der Waals surface area contributed by atoms with Crippen molar-refractivity contribution in [1.82, 2.24) is 4.90 Å². The zero-order valence-electron chi connectivity index (χ0n) is 14.3. The maximum atomic E-state index is 6.13. The fourth-order valence-electron chi connectivity index (χ4n) is 4.23. The Morgan fingerprint density at radius 1 is 1.30 bits per heavy atom. The Kier molecular flexibility index (Phi) is 4.48. The number of nitrogens with zero attached hydrogens (tertiary/aromatic N) is 1. The molecule has 3 fully saturated rings. The number of hydrogen-bond acceptors (Lipinski definition) is 4. The third kappa shape index (κ3) is 3.65. The molecular formula is C19H29NO3. The molecule has 4 heteroatoms. The lowest BCUT2D eigenvalue weighted by Crippen LogP contribution is -2.56. The van der Waals surface area contributed by atoms with Crippen molar-refractivity contribution < 1.29 is 13.9 Å². The standard InChI is InChI=1S/C19H29NO3/c1-15-3-6-17(23-15)11-20-9-7-18-19(13-20,8-2-10-22-18)14-21-12-16-4-5-16/h3,6,16,18H,2,4-5,7-14H2,1H3/t18-,19+/m1/s1. The zero-order chi connectivity index (χ0) is 15.7. The van der Waals surface area contributed by atoms with Crippen molar-refractivity contribution >= 4 is 0 Å². The van der Waals surface area contributed by atoms with E-state index >= 15 is 0 Å². The maximum absolute atomic E-state index is 6.13.